The number of hydrogen-bond acceptors (Lipinski definition) is 5. The van der Waals surface area contributed by atoms with Crippen LogP contribution in [0.1, 0.15) is 6.42 Å². The van der Waals surface area contributed by atoms with Gasteiger partial charge in [-0.2, -0.15) is 0 Å². The van der Waals surface area contributed by atoms with Crippen LogP contribution in [0.3, 0.4) is 0 Å². The molecule has 5 nitrogen and oxygen atoms in total. The van der Waals surface area contributed by atoms with Crippen LogP contribution in [0.5, 0.6) is 0 Å². The van der Waals surface area contributed by atoms with Gasteiger partial charge in [0.2, 0.25) is 0 Å². The first kappa shape index (κ1) is 10.8. The molecular weight excluding hydrogens is 152 g/mol. The summed E-state index contributed by atoms with van der Waals surface area (Å²) < 4.78 is 0. The van der Waals surface area contributed by atoms with Gasteiger partial charge >= 0.3 is 0 Å². The molecule has 0 bridgehead atoms. The largest absolute Gasteiger partial charge is 0.396 e. The van der Waals surface area contributed by atoms with Crippen molar-refractivity contribution >= 4 is 0 Å². The molecule has 0 amide bonds. The van der Waals surface area contributed by atoms with Gasteiger partial charge in [-0.15, -0.1) is 0 Å². The average Bonchev–Trinajstić information content (AvgIpc) is 1.98. The summed E-state index contributed by atoms with van der Waals surface area (Å²) in [5.74, 6) is -0.884. The monoisotopic (exact) mass is 166 g/mol. The maximum absolute atomic E-state index is 8.94. The second kappa shape index (κ2) is 5.45. The van der Waals surface area contributed by atoms with Gasteiger partial charge in [0.05, 0.1) is 12.7 Å². The van der Waals surface area contributed by atoms with Gasteiger partial charge in [-0.1, -0.05) is 0 Å². The van der Waals surface area contributed by atoms with Crippen molar-refractivity contribution in [2.24, 2.45) is 5.92 Å². The lowest BCUT2D eigenvalue weighted by atomic mass is 9.99. The van der Waals surface area contributed by atoms with E-state index >= 15 is 0 Å². The second-order valence-corrected chi connectivity index (χ2v) is 2.34. The van der Waals surface area contributed by atoms with Crippen LogP contribution in [0.15, 0.2) is 0 Å². The summed E-state index contributed by atoms with van der Waals surface area (Å²) in [6, 6.07) is 0. The topological polar surface area (TPSA) is 101 Å². The van der Waals surface area contributed by atoms with E-state index in [9.17, 15) is 0 Å². The Hall–Kier alpha value is -0.200. The summed E-state index contributed by atoms with van der Waals surface area (Å²) in [6.45, 7) is -0.790. The standard InChI is InChI=1S/C6H14O5/c7-2-1-4(6(10)11)5(9)3-8/h4-11H,1-3H2/t4-,5-/m0/s1. The van der Waals surface area contributed by atoms with Crippen molar-refractivity contribution in [1.29, 1.82) is 0 Å². The summed E-state index contributed by atoms with van der Waals surface area (Å²) in [7, 11) is 0. The molecule has 0 heterocycles. The fraction of sp³-hybridized carbons (Fsp3) is 1.00. The van der Waals surface area contributed by atoms with Crippen LogP contribution < -0.4 is 0 Å². The number of aliphatic hydroxyl groups is 5. The van der Waals surface area contributed by atoms with Crippen molar-refractivity contribution in [3.63, 3.8) is 0 Å². The molecule has 0 radical (unpaired) electrons. The summed E-state index contributed by atoms with van der Waals surface area (Å²) in [5.41, 5.74) is 0. The van der Waals surface area contributed by atoms with Crippen molar-refractivity contribution in [3.8, 4) is 0 Å². The van der Waals surface area contributed by atoms with Gasteiger partial charge in [-0.3, -0.25) is 0 Å². The van der Waals surface area contributed by atoms with E-state index in [1.165, 1.54) is 0 Å². The highest BCUT2D eigenvalue weighted by Gasteiger charge is 2.23. The van der Waals surface area contributed by atoms with Gasteiger partial charge in [0.15, 0.2) is 6.29 Å². The van der Waals surface area contributed by atoms with E-state index < -0.39 is 24.9 Å². The third-order valence-corrected chi connectivity index (χ3v) is 1.53. The summed E-state index contributed by atoms with van der Waals surface area (Å²) >= 11 is 0. The molecule has 2 atom stereocenters. The van der Waals surface area contributed by atoms with Gasteiger partial charge in [0.1, 0.15) is 0 Å². The van der Waals surface area contributed by atoms with Gasteiger partial charge in [-0.05, 0) is 6.42 Å². The predicted molar refractivity (Wildman–Crippen MR) is 36.5 cm³/mol. The zero-order valence-corrected chi connectivity index (χ0v) is 6.09. The molecule has 0 spiro atoms. The zero-order chi connectivity index (χ0) is 8.85. The van der Waals surface area contributed by atoms with Crippen molar-refractivity contribution in [2.45, 2.75) is 18.8 Å². The number of hydrogen-bond donors (Lipinski definition) is 5. The number of aliphatic hydroxyl groups excluding tert-OH is 4. The Kier molecular flexibility index (Phi) is 5.35. The SMILES string of the molecule is OCC[C@H](C(O)O)[C@@H](O)CO. The van der Waals surface area contributed by atoms with Gasteiger partial charge in [-0.25, -0.2) is 0 Å². The maximum atomic E-state index is 8.94. The Bertz CT molecular complexity index is 95.0. The molecule has 0 aliphatic carbocycles. The smallest absolute Gasteiger partial charge is 0.156 e. The van der Waals surface area contributed by atoms with Crippen LogP contribution in [-0.4, -0.2) is 51.1 Å². The third kappa shape index (κ3) is 3.64. The molecule has 0 aromatic heterocycles. The maximum Gasteiger partial charge on any atom is 0.156 e. The van der Waals surface area contributed by atoms with E-state index in [1.807, 2.05) is 0 Å². The minimum Gasteiger partial charge on any atom is -0.396 e. The van der Waals surface area contributed by atoms with E-state index in [2.05, 4.69) is 0 Å². The molecule has 11 heavy (non-hydrogen) atoms. The van der Waals surface area contributed by atoms with Crippen LogP contribution >= 0.6 is 0 Å². The molecule has 0 aliphatic heterocycles. The minimum atomic E-state index is -1.70. The van der Waals surface area contributed by atoms with Crippen molar-refractivity contribution in [2.75, 3.05) is 13.2 Å². The highest BCUT2D eigenvalue weighted by molar-refractivity contribution is 4.69. The van der Waals surface area contributed by atoms with E-state index in [1.54, 1.807) is 0 Å². The Morgan fingerprint density at radius 1 is 1.00 bits per heavy atom. The highest BCUT2D eigenvalue weighted by Crippen LogP contribution is 2.11. The Labute approximate surface area is 64.5 Å². The molecule has 0 unspecified atom stereocenters. The van der Waals surface area contributed by atoms with Crippen molar-refractivity contribution in [1.82, 2.24) is 0 Å². The Morgan fingerprint density at radius 2 is 1.55 bits per heavy atom. The lowest BCUT2D eigenvalue weighted by Gasteiger charge is -2.21. The molecule has 0 saturated heterocycles. The molecule has 68 valence electrons. The minimum absolute atomic E-state index is 0.0550. The molecule has 0 rings (SSSR count). The van der Waals surface area contributed by atoms with E-state index in [-0.39, 0.29) is 13.0 Å². The lowest BCUT2D eigenvalue weighted by Crippen LogP contribution is -2.34. The van der Waals surface area contributed by atoms with E-state index in [0.29, 0.717) is 0 Å². The van der Waals surface area contributed by atoms with Crippen LogP contribution in [0.25, 0.3) is 0 Å². The van der Waals surface area contributed by atoms with Crippen molar-refractivity contribution < 1.29 is 25.5 Å². The van der Waals surface area contributed by atoms with Crippen LogP contribution in [-0.2, 0) is 0 Å². The highest BCUT2D eigenvalue weighted by atomic mass is 16.5. The summed E-state index contributed by atoms with van der Waals surface area (Å²) in [4.78, 5) is 0. The first-order valence-corrected chi connectivity index (χ1v) is 3.39. The molecule has 0 fully saturated rings. The zero-order valence-electron chi connectivity index (χ0n) is 6.09. The summed E-state index contributed by atoms with van der Waals surface area (Å²) in [6.07, 6.45) is -2.84. The lowest BCUT2D eigenvalue weighted by molar-refractivity contribution is -0.130. The molecule has 5 N–H and O–H groups in total. The molecule has 5 heteroatoms. The normalized spacial score (nSPS) is 16.9. The first-order chi connectivity index (χ1) is 5.13. The quantitative estimate of drug-likeness (QED) is 0.294. The van der Waals surface area contributed by atoms with Crippen LogP contribution in [0.2, 0.25) is 0 Å². The Balaban J connectivity index is 3.87. The average molecular weight is 166 g/mol. The third-order valence-electron chi connectivity index (χ3n) is 1.53. The molecule has 0 aromatic rings. The second-order valence-electron chi connectivity index (χ2n) is 2.34. The van der Waals surface area contributed by atoms with Gasteiger partial charge in [0.25, 0.3) is 0 Å². The van der Waals surface area contributed by atoms with Gasteiger partial charge in [0, 0.05) is 12.5 Å². The molecular formula is C6H14O5. The van der Waals surface area contributed by atoms with E-state index in [4.69, 9.17) is 25.5 Å². The first-order valence-electron chi connectivity index (χ1n) is 3.39. The van der Waals surface area contributed by atoms with Crippen molar-refractivity contribution in [3.05, 3.63) is 0 Å². The van der Waals surface area contributed by atoms with Gasteiger partial charge < -0.3 is 25.5 Å². The van der Waals surface area contributed by atoms with Crippen LogP contribution in [0, 0.1) is 5.92 Å². The molecule has 0 aliphatic rings. The molecule has 0 saturated carbocycles. The fourth-order valence-electron chi connectivity index (χ4n) is 0.825. The number of rotatable bonds is 5. The fourth-order valence-corrected chi connectivity index (χ4v) is 0.825. The predicted octanol–water partition coefficient (Wildman–Crippen LogP) is -2.35. The summed E-state index contributed by atoms with van der Waals surface area (Å²) in [5, 5.41) is 43.0. The Morgan fingerprint density at radius 3 is 1.82 bits per heavy atom. The van der Waals surface area contributed by atoms with E-state index in [0.717, 1.165) is 0 Å². The molecule has 0 aromatic carbocycles. The van der Waals surface area contributed by atoms with Crippen LogP contribution in [0.4, 0.5) is 0 Å².